The summed E-state index contributed by atoms with van der Waals surface area (Å²) >= 11 is 0. The Balaban J connectivity index is 0.00000156. The molecule has 4 rings (SSSR count). The van der Waals surface area contributed by atoms with E-state index in [-0.39, 0.29) is 25.2 Å². The van der Waals surface area contributed by atoms with E-state index in [9.17, 15) is 5.11 Å². The van der Waals surface area contributed by atoms with Crippen molar-refractivity contribution in [2.24, 2.45) is 0 Å². The molecule has 1 aromatic heterocycles. The largest absolute Gasteiger partial charge is 0.506 e. The molecule has 0 aliphatic heterocycles. The van der Waals surface area contributed by atoms with Crippen LogP contribution in [0.3, 0.4) is 0 Å². The molecule has 0 fully saturated rings. The first-order valence-corrected chi connectivity index (χ1v) is 7.16. The molecule has 4 aromatic rings. The molecule has 0 radical (unpaired) electrons. The van der Waals surface area contributed by atoms with Gasteiger partial charge in [-0.2, -0.15) is 5.10 Å². The predicted octanol–water partition coefficient (Wildman–Crippen LogP) is 4.40. The van der Waals surface area contributed by atoms with Crippen LogP contribution in [-0.4, -0.2) is 14.9 Å². The second-order valence-corrected chi connectivity index (χ2v) is 5.13. The van der Waals surface area contributed by atoms with Gasteiger partial charge in [0.15, 0.2) is 0 Å². The number of hydrogen-bond donors (Lipinski definition) is 1. The molecule has 0 amide bonds. The average molecular weight is 352 g/mol. The van der Waals surface area contributed by atoms with Crippen molar-refractivity contribution in [3.63, 3.8) is 0 Å². The molecule has 1 N–H and O–H groups in total. The van der Waals surface area contributed by atoms with Crippen LogP contribution in [0, 0.1) is 0 Å². The smallest absolute Gasteiger partial charge is 0.141 e. The summed E-state index contributed by atoms with van der Waals surface area (Å²) in [6, 6.07) is 25.4. The molecule has 0 saturated heterocycles. The van der Waals surface area contributed by atoms with E-state index < -0.39 is 0 Å². The van der Waals surface area contributed by atoms with Gasteiger partial charge in [-0.05, 0) is 18.2 Å². The Morgan fingerprint density at radius 3 is 2.17 bits per heavy atom. The van der Waals surface area contributed by atoms with Gasteiger partial charge in [0.2, 0.25) is 0 Å². The maximum absolute atomic E-state index is 10.2. The summed E-state index contributed by atoms with van der Waals surface area (Å²) in [4.78, 5) is 0. The Morgan fingerprint density at radius 1 is 0.739 bits per heavy atom. The number of hydrogen-bond acceptors (Lipinski definition) is 2. The summed E-state index contributed by atoms with van der Waals surface area (Å²) in [5.74, 6) is 0.215. The van der Waals surface area contributed by atoms with Gasteiger partial charge in [0.1, 0.15) is 11.4 Å². The predicted molar refractivity (Wildman–Crippen MR) is 88.2 cm³/mol. The van der Waals surface area contributed by atoms with Crippen molar-refractivity contribution in [3.8, 4) is 22.7 Å². The van der Waals surface area contributed by atoms with Crippen LogP contribution in [0.25, 0.3) is 27.8 Å². The maximum Gasteiger partial charge on any atom is 0.141 e. The van der Waals surface area contributed by atoms with Crippen molar-refractivity contribution >= 4 is 10.9 Å². The van der Waals surface area contributed by atoms with Crippen molar-refractivity contribution in [3.05, 3.63) is 78.9 Å². The molecule has 0 unspecified atom stereocenters. The van der Waals surface area contributed by atoms with E-state index in [1.807, 2.05) is 59.3 Å². The monoisotopic (exact) mass is 350 g/mol. The van der Waals surface area contributed by atoms with Crippen LogP contribution in [0.1, 0.15) is 0 Å². The second kappa shape index (κ2) is 6.35. The third kappa shape index (κ3) is 2.66. The standard InChI is InChI=1S/C19H14N2O.Zn/c22-18-13-7-6-12-17(18)21-19(14-8-2-1-3-9-14)15-10-4-5-11-16(15)20-21;/h1-13,22H;. The van der Waals surface area contributed by atoms with Crippen molar-refractivity contribution in [2.45, 2.75) is 0 Å². The minimum absolute atomic E-state index is 0. The fraction of sp³-hybridized carbons (Fsp3) is 0. The van der Waals surface area contributed by atoms with E-state index in [2.05, 4.69) is 23.3 Å². The molecule has 0 spiro atoms. The zero-order chi connectivity index (χ0) is 14.9. The van der Waals surface area contributed by atoms with Gasteiger partial charge in [0.05, 0.1) is 11.2 Å². The van der Waals surface area contributed by atoms with Gasteiger partial charge in [-0.3, -0.25) is 0 Å². The van der Waals surface area contributed by atoms with E-state index in [1.54, 1.807) is 6.07 Å². The van der Waals surface area contributed by atoms with Gasteiger partial charge in [-0.1, -0.05) is 60.7 Å². The number of nitrogens with zero attached hydrogens (tertiary/aromatic N) is 2. The van der Waals surface area contributed by atoms with Crippen molar-refractivity contribution in [1.29, 1.82) is 0 Å². The first kappa shape index (κ1) is 15.4. The Kier molecular flexibility index (Phi) is 4.27. The summed E-state index contributed by atoms with van der Waals surface area (Å²) in [5, 5.41) is 15.9. The number of fused-ring (bicyclic) bond motifs is 1. The number of aromatic hydroxyl groups is 1. The summed E-state index contributed by atoms with van der Waals surface area (Å²) in [5.41, 5.74) is 3.64. The molecule has 23 heavy (non-hydrogen) atoms. The van der Waals surface area contributed by atoms with E-state index in [1.165, 1.54) is 0 Å². The zero-order valence-electron chi connectivity index (χ0n) is 12.6. The molecule has 0 saturated carbocycles. The maximum atomic E-state index is 10.2. The molecule has 3 nitrogen and oxygen atoms in total. The normalized spacial score (nSPS) is 10.4. The van der Waals surface area contributed by atoms with Gasteiger partial charge in [-0.25, -0.2) is 4.68 Å². The average Bonchev–Trinajstić information content (AvgIpc) is 2.95. The van der Waals surface area contributed by atoms with E-state index >= 15 is 0 Å². The molecule has 0 aliphatic carbocycles. The Hall–Kier alpha value is -2.45. The summed E-state index contributed by atoms with van der Waals surface area (Å²) < 4.78 is 1.81. The van der Waals surface area contributed by atoms with E-state index in [0.717, 1.165) is 22.2 Å². The molecule has 0 aliphatic rings. The number of aromatic nitrogens is 2. The molecule has 4 heteroatoms. The van der Waals surface area contributed by atoms with Crippen molar-refractivity contribution in [1.82, 2.24) is 9.78 Å². The summed E-state index contributed by atoms with van der Waals surface area (Å²) in [6.45, 7) is 0. The molecular weight excluding hydrogens is 338 g/mol. The van der Waals surface area contributed by atoms with Gasteiger partial charge >= 0.3 is 0 Å². The third-order valence-electron chi connectivity index (χ3n) is 3.74. The molecular formula is C19H14N2OZn. The second-order valence-electron chi connectivity index (χ2n) is 5.13. The molecule has 0 bridgehead atoms. The fourth-order valence-corrected chi connectivity index (χ4v) is 2.72. The van der Waals surface area contributed by atoms with Crippen LogP contribution in [0.2, 0.25) is 0 Å². The Morgan fingerprint density at radius 2 is 1.39 bits per heavy atom. The number of phenolic OH excluding ortho intramolecular Hbond substituents is 1. The molecule has 0 atom stereocenters. The molecule has 3 aromatic carbocycles. The number of benzene rings is 3. The summed E-state index contributed by atoms with van der Waals surface area (Å²) in [7, 11) is 0. The number of phenols is 1. The van der Waals surface area contributed by atoms with Crippen molar-refractivity contribution < 1.29 is 24.6 Å². The fourth-order valence-electron chi connectivity index (χ4n) is 2.72. The van der Waals surface area contributed by atoms with Crippen LogP contribution in [0.4, 0.5) is 0 Å². The Bertz CT molecular complexity index is 948. The Labute approximate surface area is 147 Å². The zero-order valence-corrected chi connectivity index (χ0v) is 15.5. The van der Waals surface area contributed by atoms with Crippen LogP contribution in [0.15, 0.2) is 78.9 Å². The van der Waals surface area contributed by atoms with Crippen LogP contribution >= 0.6 is 0 Å². The third-order valence-corrected chi connectivity index (χ3v) is 3.74. The minimum Gasteiger partial charge on any atom is -0.506 e. The number of rotatable bonds is 2. The van der Waals surface area contributed by atoms with E-state index in [0.29, 0.717) is 5.69 Å². The van der Waals surface area contributed by atoms with Gasteiger partial charge in [0, 0.05) is 30.4 Å². The van der Waals surface area contributed by atoms with Gasteiger partial charge in [-0.15, -0.1) is 0 Å². The van der Waals surface area contributed by atoms with Gasteiger partial charge in [0.25, 0.3) is 0 Å². The summed E-state index contributed by atoms with van der Waals surface area (Å²) in [6.07, 6.45) is 0. The van der Waals surface area contributed by atoms with Crippen molar-refractivity contribution in [2.75, 3.05) is 0 Å². The SMILES string of the molecule is Oc1ccccc1-n1nc2ccccc2c1-c1ccccc1.[Zn]. The topological polar surface area (TPSA) is 38.0 Å². The van der Waals surface area contributed by atoms with Gasteiger partial charge < -0.3 is 5.11 Å². The quantitative estimate of drug-likeness (QED) is 0.544. The first-order chi connectivity index (χ1) is 10.8. The van der Waals surface area contributed by atoms with Crippen LogP contribution in [-0.2, 0) is 19.5 Å². The first-order valence-electron chi connectivity index (χ1n) is 7.16. The van der Waals surface area contributed by atoms with Crippen LogP contribution < -0.4 is 0 Å². The molecule has 108 valence electrons. The number of para-hydroxylation sites is 2. The van der Waals surface area contributed by atoms with E-state index in [4.69, 9.17) is 0 Å². The minimum atomic E-state index is 0. The molecule has 1 heterocycles. The van der Waals surface area contributed by atoms with Crippen LogP contribution in [0.5, 0.6) is 5.75 Å².